The van der Waals surface area contributed by atoms with E-state index >= 15 is 0 Å². The Morgan fingerprint density at radius 2 is 1.62 bits per heavy atom. The molecule has 0 spiro atoms. The van der Waals surface area contributed by atoms with Crippen molar-refractivity contribution in [2.75, 3.05) is 6.61 Å². The molecular weight excluding hydrogens is 200 g/mol. The van der Waals surface area contributed by atoms with Gasteiger partial charge >= 0.3 is 0 Å². The number of hydrogen-bond donors (Lipinski definition) is 1. The van der Waals surface area contributed by atoms with Gasteiger partial charge < -0.3 is 9.84 Å². The first-order valence-electron chi connectivity index (χ1n) is 6.19. The first-order chi connectivity index (χ1) is 7.77. The van der Waals surface area contributed by atoms with Gasteiger partial charge in [-0.25, -0.2) is 0 Å². The fourth-order valence-electron chi connectivity index (χ4n) is 3.02. The summed E-state index contributed by atoms with van der Waals surface area (Å²) in [4.78, 5) is 0. The second-order valence-corrected chi connectivity index (χ2v) is 5.07. The number of ether oxygens (including phenoxy) is 1. The highest BCUT2D eigenvalue weighted by atomic mass is 16.6. The van der Waals surface area contributed by atoms with E-state index in [2.05, 4.69) is 12.1 Å². The Morgan fingerprint density at radius 1 is 1.00 bits per heavy atom. The average Bonchev–Trinajstić information content (AvgIpc) is 3.13. The van der Waals surface area contributed by atoms with Crippen LogP contribution >= 0.6 is 0 Å². The SMILES string of the molecule is OC1([C@]2(c3ccccc3)CO2)CCCCC1. The molecule has 1 aromatic rings. The summed E-state index contributed by atoms with van der Waals surface area (Å²) in [5.41, 5.74) is 0.112. The van der Waals surface area contributed by atoms with E-state index in [0.29, 0.717) is 6.61 Å². The molecule has 0 aromatic heterocycles. The summed E-state index contributed by atoms with van der Waals surface area (Å²) < 4.78 is 5.67. The zero-order chi connectivity index (χ0) is 11.1. The third-order valence-corrected chi connectivity index (χ3v) is 4.11. The number of rotatable bonds is 2. The number of epoxide rings is 1. The van der Waals surface area contributed by atoms with E-state index in [1.54, 1.807) is 0 Å². The third kappa shape index (κ3) is 1.40. The lowest BCUT2D eigenvalue weighted by molar-refractivity contribution is -0.0681. The molecule has 1 aliphatic carbocycles. The Kier molecular flexibility index (Phi) is 2.30. The molecule has 0 bridgehead atoms. The van der Waals surface area contributed by atoms with Gasteiger partial charge in [0.2, 0.25) is 0 Å². The normalized spacial score (nSPS) is 32.3. The molecule has 0 unspecified atom stereocenters. The average molecular weight is 218 g/mol. The maximum absolute atomic E-state index is 10.8. The monoisotopic (exact) mass is 218 g/mol. The van der Waals surface area contributed by atoms with Gasteiger partial charge in [0.1, 0.15) is 11.2 Å². The lowest BCUT2D eigenvalue weighted by Gasteiger charge is -2.37. The van der Waals surface area contributed by atoms with Crippen molar-refractivity contribution in [3.05, 3.63) is 35.9 Å². The van der Waals surface area contributed by atoms with Gasteiger partial charge in [-0.1, -0.05) is 49.6 Å². The van der Waals surface area contributed by atoms with E-state index in [-0.39, 0.29) is 0 Å². The molecule has 2 nitrogen and oxygen atoms in total. The predicted octanol–water partition coefficient (Wildman–Crippen LogP) is 2.61. The molecule has 1 aliphatic heterocycles. The van der Waals surface area contributed by atoms with Crippen LogP contribution in [0.3, 0.4) is 0 Å². The van der Waals surface area contributed by atoms with Crippen LogP contribution in [0.25, 0.3) is 0 Å². The Balaban J connectivity index is 1.93. The Bertz CT molecular complexity index is 362. The van der Waals surface area contributed by atoms with E-state index in [0.717, 1.165) is 31.2 Å². The fourth-order valence-corrected chi connectivity index (χ4v) is 3.02. The topological polar surface area (TPSA) is 32.8 Å². The van der Waals surface area contributed by atoms with Crippen LogP contribution in [0.2, 0.25) is 0 Å². The van der Waals surface area contributed by atoms with Gasteiger partial charge in [0.05, 0.1) is 6.61 Å². The minimum Gasteiger partial charge on any atom is -0.386 e. The molecular formula is C14H18O2. The number of benzene rings is 1. The third-order valence-electron chi connectivity index (χ3n) is 4.11. The molecule has 1 heterocycles. The maximum atomic E-state index is 10.8. The predicted molar refractivity (Wildman–Crippen MR) is 62.1 cm³/mol. The zero-order valence-electron chi connectivity index (χ0n) is 9.48. The van der Waals surface area contributed by atoms with Crippen molar-refractivity contribution in [2.45, 2.75) is 43.3 Å². The molecule has 2 fully saturated rings. The first-order valence-corrected chi connectivity index (χ1v) is 6.19. The number of hydrogen-bond acceptors (Lipinski definition) is 2. The van der Waals surface area contributed by atoms with Crippen LogP contribution < -0.4 is 0 Å². The van der Waals surface area contributed by atoms with Crippen molar-refractivity contribution >= 4 is 0 Å². The highest BCUT2D eigenvalue weighted by Crippen LogP contribution is 2.53. The summed E-state index contributed by atoms with van der Waals surface area (Å²) in [6, 6.07) is 10.2. The van der Waals surface area contributed by atoms with Crippen LogP contribution in [0.15, 0.2) is 30.3 Å². The van der Waals surface area contributed by atoms with Crippen molar-refractivity contribution < 1.29 is 9.84 Å². The molecule has 1 N–H and O–H groups in total. The van der Waals surface area contributed by atoms with Crippen LogP contribution in [0.5, 0.6) is 0 Å². The van der Waals surface area contributed by atoms with Gasteiger partial charge in [-0.3, -0.25) is 0 Å². The van der Waals surface area contributed by atoms with E-state index in [1.165, 1.54) is 6.42 Å². The summed E-state index contributed by atoms with van der Waals surface area (Å²) >= 11 is 0. The van der Waals surface area contributed by atoms with E-state index in [1.807, 2.05) is 18.2 Å². The highest BCUT2D eigenvalue weighted by molar-refractivity contribution is 5.31. The van der Waals surface area contributed by atoms with Crippen molar-refractivity contribution in [1.29, 1.82) is 0 Å². The molecule has 0 radical (unpaired) electrons. The van der Waals surface area contributed by atoms with Gasteiger partial charge in [0.15, 0.2) is 0 Å². The minimum absolute atomic E-state index is 0.394. The summed E-state index contributed by atoms with van der Waals surface area (Å²) in [7, 11) is 0. The Morgan fingerprint density at radius 3 is 2.19 bits per heavy atom. The highest BCUT2D eigenvalue weighted by Gasteiger charge is 2.61. The van der Waals surface area contributed by atoms with Crippen LogP contribution in [0.4, 0.5) is 0 Å². The van der Waals surface area contributed by atoms with Gasteiger partial charge in [-0.2, -0.15) is 0 Å². The van der Waals surface area contributed by atoms with Crippen LogP contribution in [-0.2, 0) is 10.3 Å². The van der Waals surface area contributed by atoms with E-state index in [9.17, 15) is 5.11 Å². The molecule has 1 atom stereocenters. The maximum Gasteiger partial charge on any atom is 0.145 e. The second-order valence-electron chi connectivity index (χ2n) is 5.07. The Labute approximate surface area is 96.2 Å². The van der Waals surface area contributed by atoms with Crippen LogP contribution in [0, 0.1) is 0 Å². The fraction of sp³-hybridized carbons (Fsp3) is 0.571. The van der Waals surface area contributed by atoms with E-state index in [4.69, 9.17) is 4.74 Å². The molecule has 1 aromatic carbocycles. The minimum atomic E-state index is -0.632. The van der Waals surface area contributed by atoms with Crippen molar-refractivity contribution in [3.63, 3.8) is 0 Å². The lowest BCUT2D eigenvalue weighted by atomic mass is 9.73. The molecule has 2 aliphatic rings. The van der Waals surface area contributed by atoms with Crippen molar-refractivity contribution in [1.82, 2.24) is 0 Å². The Hall–Kier alpha value is -0.860. The van der Waals surface area contributed by atoms with Gasteiger partial charge in [-0.15, -0.1) is 0 Å². The smallest absolute Gasteiger partial charge is 0.145 e. The lowest BCUT2D eigenvalue weighted by Crippen LogP contribution is -2.45. The second kappa shape index (κ2) is 3.57. The summed E-state index contributed by atoms with van der Waals surface area (Å²) in [5, 5.41) is 10.8. The first kappa shape index (κ1) is 10.3. The standard InChI is InChI=1S/C14H18O2/c15-13(9-5-2-6-10-13)14(11-16-14)12-7-3-1-4-8-12/h1,3-4,7-8,15H,2,5-6,9-11H2/t14-/m1/s1. The zero-order valence-corrected chi connectivity index (χ0v) is 9.48. The molecule has 1 saturated heterocycles. The van der Waals surface area contributed by atoms with Crippen LogP contribution in [-0.4, -0.2) is 17.3 Å². The quantitative estimate of drug-likeness (QED) is 0.774. The van der Waals surface area contributed by atoms with Crippen LogP contribution in [0.1, 0.15) is 37.7 Å². The summed E-state index contributed by atoms with van der Waals surface area (Å²) in [5.74, 6) is 0. The largest absolute Gasteiger partial charge is 0.386 e. The summed E-state index contributed by atoms with van der Waals surface area (Å²) in [6.45, 7) is 0.674. The number of aliphatic hydroxyl groups is 1. The van der Waals surface area contributed by atoms with E-state index < -0.39 is 11.2 Å². The summed E-state index contributed by atoms with van der Waals surface area (Å²) in [6.07, 6.45) is 5.24. The van der Waals surface area contributed by atoms with Crippen molar-refractivity contribution in [3.8, 4) is 0 Å². The molecule has 2 heteroatoms. The van der Waals surface area contributed by atoms with Crippen molar-refractivity contribution in [2.24, 2.45) is 0 Å². The van der Waals surface area contributed by atoms with Gasteiger partial charge in [-0.05, 0) is 18.4 Å². The molecule has 1 saturated carbocycles. The molecule has 3 rings (SSSR count). The van der Waals surface area contributed by atoms with Gasteiger partial charge in [0.25, 0.3) is 0 Å². The van der Waals surface area contributed by atoms with Gasteiger partial charge in [0, 0.05) is 0 Å². The molecule has 86 valence electrons. The molecule has 0 amide bonds. The molecule has 16 heavy (non-hydrogen) atoms.